The number of nitrogens with zero attached hydrogens (tertiary/aromatic N) is 2. The van der Waals surface area contributed by atoms with Crippen LogP contribution in [0, 0.1) is 5.92 Å². The molecule has 2 atom stereocenters. The van der Waals surface area contributed by atoms with E-state index in [1.165, 1.54) is 0 Å². The highest BCUT2D eigenvalue weighted by Crippen LogP contribution is 2.35. The second kappa shape index (κ2) is 10.0. The molecule has 1 aromatic carbocycles. The van der Waals surface area contributed by atoms with Gasteiger partial charge in [-0.3, -0.25) is 14.4 Å². The summed E-state index contributed by atoms with van der Waals surface area (Å²) in [6.07, 6.45) is 2.24. The van der Waals surface area contributed by atoms with Crippen LogP contribution in [0.2, 0.25) is 0 Å². The SMILES string of the molecule is CC[C@@H](C)[C@H](NC(=O)c1cn(CC)c2cc3c(cc2c1=O)OCO3)C(=O)NCCN(C)C. The maximum absolute atomic E-state index is 13.2. The first kappa shape index (κ1) is 23.6. The lowest BCUT2D eigenvalue weighted by molar-refractivity contribution is -0.124. The number of rotatable bonds is 9. The zero-order chi connectivity index (χ0) is 23.4. The van der Waals surface area contributed by atoms with Crippen molar-refractivity contribution in [2.45, 2.75) is 39.8 Å². The number of pyridine rings is 1. The largest absolute Gasteiger partial charge is 0.454 e. The number of amides is 2. The van der Waals surface area contributed by atoms with Gasteiger partial charge in [0.25, 0.3) is 5.91 Å². The number of likely N-dealkylation sites (N-methyl/N-ethyl adjacent to an activating group) is 1. The first-order chi connectivity index (χ1) is 15.3. The Hall–Kier alpha value is -3.07. The third kappa shape index (κ3) is 4.88. The molecule has 2 N–H and O–H groups in total. The van der Waals surface area contributed by atoms with E-state index in [2.05, 4.69) is 10.6 Å². The standard InChI is InChI=1S/C23H32N4O5/c1-6-14(3)20(23(30)24-8-9-26(4)5)25-22(29)16-12-27(7-2)17-11-19-18(31-13-32-19)10-15(17)21(16)28/h10-12,14,20H,6-9,13H2,1-5H3,(H,24,30)(H,25,29)/t14-,20+/m1/s1. The molecule has 1 aliphatic rings. The average molecular weight is 445 g/mol. The Labute approximate surface area is 187 Å². The summed E-state index contributed by atoms with van der Waals surface area (Å²) in [5.41, 5.74) is 0.252. The fourth-order valence-corrected chi connectivity index (χ4v) is 3.64. The van der Waals surface area contributed by atoms with E-state index >= 15 is 0 Å². The van der Waals surface area contributed by atoms with Gasteiger partial charge in [-0.15, -0.1) is 0 Å². The monoisotopic (exact) mass is 444 g/mol. The van der Waals surface area contributed by atoms with Crippen molar-refractivity contribution >= 4 is 22.7 Å². The Morgan fingerprint density at radius 2 is 1.88 bits per heavy atom. The lowest BCUT2D eigenvalue weighted by atomic mass is 9.97. The van der Waals surface area contributed by atoms with Crippen LogP contribution >= 0.6 is 0 Å². The normalized spacial score (nSPS) is 14.4. The van der Waals surface area contributed by atoms with Crippen LogP contribution in [0.15, 0.2) is 23.1 Å². The minimum atomic E-state index is -0.739. The summed E-state index contributed by atoms with van der Waals surface area (Å²) in [5, 5.41) is 6.04. The van der Waals surface area contributed by atoms with Crippen molar-refractivity contribution in [1.29, 1.82) is 0 Å². The van der Waals surface area contributed by atoms with Crippen LogP contribution in [0.1, 0.15) is 37.6 Å². The van der Waals surface area contributed by atoms with E-state index in [-0.39, 0.29) is 24.2 Å². The number of hydrogen-bond donors (Lipinski definition) is 2. The molecular formula is C23H32N4O5. The van der Waals surface area contributed by atoms with Gasteiger partial charge < -0.3 is 29.6 Å². The van der Waals surface area contributed by atoms with E-state index in [1.54, 1.807) is 18.3 Å². The molecule has 9 nitrogen and oxygen atoms in total. The maximum atomic E-state index is 13.2. The Kier molecular flexibility index (Phi) is 7.40. The average Bonchev–Trinajstić information content (AvgIpc) is 3.23. The lowest BCUT2D eigenvalue weighted by Crippen LogP contribution is -2.51. The van der Waals surface area contributed by atoms with Crippen molar-refractivity contribution in [3.63, 3.8) is 0 Å². The van der Waals surface area contributed by atoms with Gasteiger partial charge in [0, 0.05) is 31.9 Å². The third-order valence-electron chi connectivity index (χ3n) is 5.80. The van der Waals surface area contributed by atoms with Gasteiger partial charge in [0.05, 0.1) is 10.9 Å². The molecule has 0 bridgehead atoms. The third-order valence-corrected chi connectivity index (χ3v) is 5.80. The van der Waals surface area contributed by atoms with Crippen molar-refractivity contribution < 1.29 is 19.1 Å². The summed E-state index contributed by atoms with van der Waals surface area (Å²) in [6.45, 7) is 7.60. The molecule has 0 saturated heterocycles. The molecule has 2 amide bonds. The van der Waals surface area contributed by atoms with Gasteiger partial charge in [0.1, 0.15) is 11.6 Å². The molecule has 0 unspecified atom stereocenters. The minimum absolute atomic E-state index is 0.00684. The number of fused-ring (bicyclic) bond motifs is 2. The second-order valence-corrected chi connectivity index (χ2v) is 8.31. The van der Waals surface area contributed by atoms with Gasteiger partial charge >= 0.3 is 0 Å². The predicted molar refractivity (Wildman–Crippen MR) is 122 cm³/mol. The summed E-state index contributed by atoms with van der Waals surface area (Å²) in [5.74, 6) is 0.135. The topological polar surface area (TPSA) is 102 Å². The number of hydrogen-bond acceptors (Lipinski definition) is 6. The lowest BCUT2D eigenvalue weighted by Gasteiger charge is -2.24. The number of ether oxygens (including phenoxy) is 2. The second-order valence-electron chi connectivity index (χ2n) is 8.31. The Bertz CT molecular complexity index is 1060. The zero-order valence-corrected chi connectivity index (χ0v) is 19.4. The summed E-state index contributed by atoms with van der Waals surface area (Å²) in [7, 11) is 3.84. The van der Waals surface area contributed by atoms with Crippen LogP contribution in [0.4, 0.5) is 0 Å². The smallest absolute Gasteiger partial charge is 0.257 e. The van der Waals surface area contributed by atoms with Gasteiger partial charge in [0.2, 0.25) is 18.1 Å². The van der Waals surface area contributed by atoms with Crippen molar-refractivity contribution in [3.05, 3.63) is 34.1 Å². The molecule has 1 aliphatic heterocycles. The van der Waals surface area contributed by atoms with E-state index in [4.69, 9.17) is 9.47 Å². The molecule has 9 heteroatoms. The quantitative estimate of drug-likeness (QED) is 0.609. The number of aromatic nitrogens is 1. The van der Waals surface area contributed by atoms with Crippen LogP contribution in [0.3, 0.4) is 0 Å². The molecule has 0 aliphatic carbocycles. The fraction of sp³-hybridized carbons (Fsp3) is 0.522. The molecule has 0 fully saturated rings. The molecule has 174 valence electrons. The molecular weight excluding hydrogens is 412 g/mol. The van der Waals surface area contributed by atoms with E-state index in [9.17, 15) is 14.4 Å². The highest BCUT2D eigenvalue weighted by molar-refractivity contribution is 6.00. The van der Waals surface area contributed by atoms with E-state index in [0.29, 0.717) is 48.5 Å². The van der Waals surface area contributed by atoms with E-state index in [1.807, 2.05) is 44.3 Å². The fourth-order valence-electron chi connectivity index (χ4n) is 3.64. The van der Waals surface area contributed by atoms with Crippen LogP contribution in [-0.4, -0.2) is 61.3 Å². The molecule has 0 spiro atoms. The Balaban J connectivity index is 1.91. The van der Waals surface area contributed by atoms with Gasteiger partial charge in [-0.25, -0.2) is 0 Å². The number of aryl methyl sites for hydroxylation is 1. The van der Waals surface area contributed by atoms with E-state index in [0.717, 1.165) is 0 Å². The maximum Gasteiger partial charge on any atom is 0.257 e. The zero-order valence-electron chi connectivity index (χ0n) is 19.4. The van der Waals surface area contributed by atoms with Crippen LogP contribution in [0.5, 0.6) is 11.5 Å². The molecule has 32 heavy (non-hydrogen) atoms. The molecule has 2 heterocycles. The molecule has 3 rings (SSSR count). The van der Waals surface area contributed by atoms with Crippen LogP contribution in [-0.2, 0) is 11.3 Å². The Morgan fingerprint density at radius 3 is 2.50 bits per heavy atom. The van der Waals surface area contributed by atoms with E-state index < -0.39 is 17.4 Å². The summed E-state index contributed by atoms with van der Waals surface area (Å²) in [4.78, 5) is 41.1. The number of benzene rings is 1. The van der Waals surface area contributed by atoms with Gasteiger partial charge in [-0.1, -0.05) is 20.3 Å². The first-order valence-electron chi connectivity index (χ1n) is 11.0. The van der Waals surface area contributed by atoms with Crippen molar-refractivity contribution in [2.24, 2.45) is 5.92 Å². The number of carbonyl (C=O) groups excluding carboxylic acids is 2. The Morgan fingerprint density at radius 1 is 1.19 bits per heavy atom. The molecule has 2 aromatic rings. The van der Waals surface area contributed by atoms with Gasteiger partial charge in [-0.2, -0.15) is 0 Å². The van der Waals surface area contributed by atoms with Crippen molar-refractivity contribution in [1.82, 2.24) is 20.1 Å². The summed E-state index contributed by atoms with van der Waals surface area (Å²) in [6, 6.07) is 2.63. The van der Waals surface area contributed by atoms with Gasteiger partial charge in [0.15, 0.2) is 11.5 Å². The number of nitrogens with one attached hydrogen (secondary N) is 2. The molecule has 1 aromatic heterocycles. The highest BCUT2D eigenvalue weighted by atomic mass is 16.7. The number of carbonyl (C=O) groups is 2. The first-order valence-corrected chi connectivity index (χ1v) is 11.0. The minimum Gasteiger partial charge on any atom is -0.454 e. The van der Waals surface area contributed by atoms with Crippen molar-refractivity contribution in [2.75, 3.05) is 34.0 Å². The molecule has 0 radical (unpaired) electrons. The van der Waals surface area contributed by atoms with Crippen LogP contribution in [0.25, 0.3) is 10.9 Å². The molecule has 0 saturated carbocycles. The predicted octanol–water partition coefficient (Wildman–Crippen LogP) is 1.57. The van der Waals surface area contributed by atoms with Crippen LogP contribution < -0.4 is 25.5 Å². The van der Waals surface area contributed by atoms with Gasteiger partial charge in [-0.05, 0) is 33.0 Å². The summed E-state index contributed by atoms with van der Waals surface area (Å²) < 4.78 is 12.7. The highest BCUT2D eigenvalue weighted by Gasteiger charge is 2.28. The summed E-state index contributed by atoms with van der Waals surface area (Å²) >= 11 is 0. The van der Waals surface area contributed by atoms with Crippen molar-refractivity contribution in [3.8, 4) is 11.5 Å².